The molecule has 0 aromatic rings. The highest BCUT2D eigenvalue weighted by molar-refractivity contribution is 6.18. The van der Waals surface area contributed by atoms with E-state index in [0.717, 1.165) is 26.2 Å². The number of hydrogen-bond donors (Lipinski definition) is 1. The fourth-order valence-electron chi connectivity index (χ4n) is 1.99. The number of morpholine rings is 1. The molecule has 3 atom stereocenters. The van der Waals surface area contributed by atoms with E-state index in [1.807, 2.05) is 0 Å². The number of rotatable bonds is 6. The van der Waals surface area contributed by atoms with Gasteiger partial charge in [0, 0.05) is 37.6 Å². The van der Waals surface area contributed by atoms with Gasteiger partial charge in [-0.25, -0.2) is 0 Å². The van der Waals surface area contributed by atoms with Crippen molar-refractivity contribution in [2.75, 3.05) is 32.1 Å². The zero-order valence-electron chi connectivity index (χ0n) is 11.6. The molecule has 17 heavy (non-hydrogen) atoms. The molecule has 1 aliphatic heterocycles. The van der Waals surface area contributed by atoms with Gasteiger partial charge in [-0.05, 0) is 26.7 Å². The van der Waals surface area contributed by atoms with Gasteiger partial charge in [-0.2, -0.15) is 0 Å². The molecule has 1 heterocycles. The Bertz CT molecular complexity index is 214. The van der Waals surface area contributed by atoms with Crippen LogP contribution in [0.4, 0.5) is 0 Å². The summed E-state index contributed by atoms with van der Waals surface area (Å²) in [5.74, 6) is 1.21. The molecular weight excluding hydrogens is 236 g/mol. The van der Waals surface area contributed by atoms with Crippen molar-refractivity contribution in [1.82, 2.24) is 10.2 Å². The molecule has 0 radical (unpaired) electrons. The predicted octanol–water partition coefficient (Wildman–Crippen LogP) is 1.95. The molecule has 1 saturated heterocycles. The van der Waals surface area contributed by atoms with E-state index in [2.05, 4.69) is 37.9 Å². The normalized spacial score (nSPS) is 26.1. The summed E-state index contributed by atoms with van der Waals surface area (Å²) in [4.78, 5) is 2.48. The third-order valence-electron chi connectivity index (χ3n) is 3.66. The van der Waals surface area contributed by atoms with Crippen LogP contribution in [0.5, 0.6) is 0 Å². The van der Waals surface area contributed by atoms with Crippen molar-refractivity contribution in [1.29, 1.82) is 0 Å². The lowest BCUT2D eigenvalue weighted by atomic mass is 10.1. The predicted molar refractivity (Wildman–Crippen MR) is 73.8 cm³/mol. The molecule has 4 heteroatoms. The summed E-state index contributed by atoms with van der Waals surface area (Å²) in [6.07, 6.45) is 0.316. The zero-order chi connectivity index (χ0) is 12.8. The molecule has 0 bridgehead atoms. The molecule has 3 unspecified atom stereocenters. The van der Waals surface area contributed by atoms with Gasteiger partial charge in [0.1, 0.15) is 0 Å². The van der Waals surface area contributed by atoms with Gasteiger partial charge >= 0.3 is 0 Å². The molecule has 0 spiro atoms. The maximum absolute atomic E-state index is 5.85. The topological polar surface area (TPSA) is 24.5 Å². The van der Waals surface area contributed by atoms with E-state index >= 15 is 0 Å². The number of halogens is 1. The van der Waals surface area contributed by atoms with Crippen molar-refractivity contribution in [2.24, 2.45) is 5.92 Å². The van der Waals surface area contributed by atoms with E-state index in [9.17, 15) is 0 Å². The van der Waals surface area contributed by atoms with Crippen LogP contribution in [0.25, 0.3) is 0 Å². The lowest BCUT2D eigenvalue weighted by Gasteiger charge is -2.36. The smallest absolute Gasteiger partial charge is 0.0826 e. The maximum atomic E-state index is 5.85. The molecule has 1 fully saturated rings. The summed E-state index contributed by atoms with van der Waals surface area (Å²) in [5.41, 5.74) is 0. The molecule has 0 saturated carbocycles. The van der Waals surface area contributed by atoms with Crippen LogP contribution in [0.2, 0.25) is 0 Å². The molecule has 0 amide bonds. The quantitative estimate of drug-likeness (QED) is 0.741. The SMILES string of the molecule is CC(CCl)C(C)NCC1CN(C(C)C)CCO1. The number of nitrogens with one attached hydrogen (secondary N) is 1. The van der Waals surface area contributed by atoms with Gasteiger partial charge in [-0.3, -0.25) is 4.90 Å². The summed E-state index contributed by atoms with van der Waals surface area (Å²) in [6, 6.07) is 1.06. The fourth-order valence-corrected chi connectivity index (χ4v) is 2.25. The second-order valence-electron chi connectivity index (χ2n) is 5.41. The van der Waals surface area contributed by atoms with E-state index in [-0.39, 0.29) is 0 Å². The minimum atomic E-state index is 0.316. The Kier molecular flexibility index (Phi) is 6.78. The van der Waals surface area contributed by atoms with Crippen LogP contribution in [0, 0.1) is 5.92 Å². The highest BCUT2D eigenvalue weighted by Gasteiger charge is 2.22. The molecule has 102 valence electrons. The number of ether oxygens (including phenoxy) is 1. The Morgan fingerprint density at radius 3 is 2.65 bits per heavy atom. The van der Waals surface area contributed by atoms with Gasteiger partial charge in [-0.1, -0.05) is 6.92 Å². The summed E-state index contributed by atoms with van der Waals surface area (Å²) in [6.45, 7) is 12.7. The summed E-state index contributed by atoms with van der Waals surface area (Å²) in [7, 11) is 0. The van der Waals surface area contributed by atoms with Crippen LogP contribution in [-0.4, -0.2) is 55.2 Å². The van der Waals surface area contributed by atoms with Gasteiger partial charge in [0.15, 0.2) is 0 Å². The second-order valence-corrected chi connectivity index (χ2v) is 5.72. The first-order valence-electron chi connectivity index (χ1n) is 6.69. The van der Waals surface area contributed by atoms with Crippen molar-refractivity contribution >= 4 is 11.6 Å². The number of alkyl halides is 1. The van der Waals surface area contributed by atoms with Crippen LogP contribution in [0.1, 0.15) is 27.7 Å². The second kappa shape index (κ2) is 7.57. The first-order valence-corrected chi connectivity index (χ1v) is 7.23. The number of hydrogen-bond acceptors (Lipinski definition) is 3. The van der Waals surface area contributed by atoms with E-state index in [1.54, 1.807) is 0 Å². The van der Waals surface area contributed by atoms with E-state index in [1.165, 1.54) is 0 Å². The standard InChI is InChI=1S/C13H27ClN2O/c1-10(2)16-5-6-17-13(9-16)8-15-12(4)11(3)7-14/h10-13,15H,5-9H2,1-4H3. The lowest BCUT2D eigenvalue weighted by molar-refractivity contribution is -0.0383. The average Bonchev–Trinajstić information content (AvgIpc) is 2.35. The summed E-state index contributed by atoms with van der Waals surface area (Å²) >= 11 is 5.85. The van der Waals surface area contributed by atoms with Crippen molar-refractivity contribution in [3.8, 4) is 0 Å². The molecule has 1 aliphatic rings. The summed E-state index contributed by atoms with van der Waals surface area (Å²) in [5, 5.41) is 3.53. The van der Waals surface area contributed by atoms with Gasteiger partial charge in [0.2, 0.25) is 0 Å². The molecule has 0 aromatic heterocycles. The molecule has 1 N–H and O–H groups in total. The van der Waals surface area contributed by atoms with Crippen molar-refractivity contribution in [2.45, 2.75) is 45.9 Å². The summed E-state index contributed by atoms with van der Waals surface area (Å²) < 4.78 is 5.78. The molecule has 0 aromatic carbocycles. The molecule has 3 nitrogen and oxygen atoms in total. The first-order chi connectivity index (χ1) is 8.04. The zero-order valence-corrected chi connectivity index (χ0v) is 12.3. The largest absolute Gasteiger partial charge is 0.374 e. The maximum Gasteiger partial charge on any atom is 0.0826 e. The lowest BCUT2D eigenvalue weighted by Crippen LogP contribution is -2.50. The van der Waals surface area contributed by atoms with Gasteiger partial charge in [0.05, 0.1) is 12.7 Å². The van der Waals surface area contributed by atoms with Crippen LogP contribution in [0.15, 0.2) is 0 Å². The van der Waals surface area contributed by atoms with Crippen LogP contribution < -0.4 is 5.32 Å². The van der Waals surface area contributed by atoms with Crippen LogP contribution >= 0.6 is 11.6 Å². The van der Waals surface area contributed by atoms with E-state index in [0.29, 0.717) is 30.0 Å². The van der Waals surface area contributed by atoms with Crippen molar-refractivity contribution in [3.63, 3.8) is 0 Å². The monoisotopic (exact) mass is 262 g/mol. The number of nitrogens with zero attached hydrogens (tertiary/aromatic N) is 1. The Morgan fingerprint density at radius 1 is 1.35 bits per heavy atom. The Hall–Kier alpha value is 0.170. The van der Waals surface area contributed by atoms with Gasteiger partial charge in [0.25, 0.3) is 0 Å². The molecule has 0 aliphatic carbocycles. The minimum absolute atomic E-state index is 0.316. The van der Waals surface area contributed by atoms with Crippen LogP contribution in [-0.2, 0) is 4.74 Å². The first kappa shape index (κ1) is 15.2. The van der Waals surface area contributed by atoms with Crippen molar-refractivity contribution < 1.29 is 4.74 Å². The van der Waals surface area contributed by atoms with Crippen LogP contribution in [0.3, 0.4) is 0 Å². The van der Waals surface area contributed by atoms with Crippen molar-refractivity contribution in [3.05, 3.63) is 0 Å². The molecular formula is C13H27ClN2O. The van der Waals surface area contributed by atoms with Gasteiger partial charge < -0.3 is 10.1 Å². The highest BCUT2D eigenvalue weighted by Crippen LogP contribution is 2.09. The average molecular weight is 263 g/mol. The third kappa shape index (κ3) is 5.12. The van der Waals surface area contributed by atoms with E-state index < -0.39 is 0 Å². The Labute approximate surface area is 111 Å². The minimum Gasteiger partial charge on any atom is -0.374 e. The molecule has 1 rings (SSSR count). The Morgan fingerprint density at radius 2 is 2.06 bits per heavy atom. The van der Waals surface area contributed by atoms with E-state index in [4.69, 9.17) is 16.3 Å². The Balaban J connectivity index is 2.27. The van der Waals surface area contributed by atoms with Gasteiger partial charge in [-0.15, -0.1) is 11.6 Å². The third-order valence-corrected chi connectivity index (χ3v) is 4.15. The fraction of sp³-hybridized carbons (Fsp3) is 1.00. The highest BCUT2D eigenvalue weighted by atomic mass is 35.5.